The predicted molar refractivity (Wildman–Crippen MR) is 122 cm³/mol. The Bertz CT molecular complexity index is 1030. The number of nitrogens with zero attached hydrogens (tertiary/aromatic N) is 2. The Hall–Kier alpha value is -2.39. The zero-order valence-electron chi connectivity index (χ0n) is 18.0. The number of morpholine rings is 1. The van der Waals surface area contributed by atoms with E-state index >= 15 is 0 Å². The van der Waals surface area contributed by atoms with Gasteiger partial charge >= 0.3 is 6.09 Å². The fourth-order valence-corrected chi connectivity index (χ4v) is 4.72. The van der Waals surface area contributed by atoms with E-state index in [-0.39, 0.29) is 18.2 Å². The Morgan fingerprint density at radius 1 is 1.15 bits per heavy atom. The summed E-state index contributed by atoms with van der Waals surface area (Å²) in [7, 11) is 1.54. The topological polar surface area (TPSA) is 71.1 Å². The predicted octanol–water partition coefficient (Wildman–Crippen LogP) is 3.55. The van der Waals surface area contributed by atoms with E-state index in [1.165, 1.54) is 29.2 Å². The van der Waals surface area contributed by atoms with Crippen molar-refractivity contribution in [2.24, 2.45) is 0 Å². The maximum atomic E-state index is 14.0. The van der Waals surface area contributed by atoms with Crippen molar-refractivity contribution in [1.82, 2.24) is 15.1 Å². The minimum absolute atomic E-state index is 0.180. The normalized spacial score (nSPS) is 22.8. The lowest BCUT2D eigenvalue weighted by Crippen LogP contribution is -2.65. The molecule has 2 amide bonds. The van der Waals surface area contributed by atoms with E-state index in [2.05, 4.69) is 5.32 Å². The number of hydrogen-bond acceptors (Lipinski definition) is 5. The van der Waals surface area contributed by atoms with E-state index in [0.29, 0.717) is 42.9 Å². The van der Waals surface area contributed by atoms with E-state index in [0.717, 1.165) is 5.56 Å². The summed E-state index contributed by atoms with van der Waals surface area (Å²) in [5.41, 5.74) is -0.497. The summed E-state index contributed by atoms with van der Waals surface area (Å²) in [6.07, 6.45) is -0.725. The lowest BCUT2D eigenvalue weighted by Gasteiger charge is -2.44. The minimum atomic E-state index is -1.27. The summed E-state index contributed by atoms with van der Waals surface area (Å²) in [6, 6.07) is 10.3. The highest BCUT2D eigenvalue weighted by Crippen LogP contribution is 2.40. The van der Waals surface area contributed by atoms with Gasteiger partial charge in [0.1, 0.15) is 17.1 Å². The zero-order chi connectivity index (χ0) is 23.6. The molecule has 176 valence electrons. The highest BCUT2D eigenvalue weighted by molar-refractivity contribution is 6.42. The second kappa shape index (κ2) is 9.85. The number of benzene rings is 2. The summed E-state index contributed by atoms with van der Waals surface area (Å²) in [6.45, 7) is 2.38. The number of carbonyl (C=O) groups is 2. The molecule has 0 aliphatic carbocycles. The summed E-state index contributed by atoms with van der Waals surface area (Å²) in [5.74, 6) is -0.875. The highest BCUT2D eigenvalue weighted by atomic mass is 35.5. The maximum absolute atomic E-state index is 14.0. The van der Waals surface area contributed by atoms with Crippen molar-refractivity contribution in [3.05, 3.63) is 63.9 Å². The highest BCUT2D eigenvalue weighted by Gasteiger charge is 2.56. The van der Waals surface area contributed by atoms with Crippen LogP contribution in [-0.4, -0.2) is 73.8 Å². The third-order valence-electron chi connectivity index (χ3n) is 6.23. The number of amides is 2. The molecule has 2 atom stereocenters. The zero-order valence-corrected chi connectivity index (χ0v) is 19.5. The first kappa shape index (κ1) is 23.8. The molecule has 0 unspecified atom stereocenters. The van der Waals surface area contributed by atoms with Crippen molar-refractivity contribution >= 4 is 35.2 Å². The molecule has 33 heavy (non-hydrogen) atoms. The van der Waals surface area contributed by atoms with Crippen molar-refractivity contribution in [2.75, 3.05) is 46.4 Å². The van der Waals surface area contributed by atoms with Gasteiger partial charge in [-0.1, -0.05) is 29.3 Å². The molecule has 2 saturated heterocycles. The van der Waals surface area contributed by atoms with Gasteiger partial charge in [-0.25, -0.2) is 9.18 Å². The molecular formula is C23H24Cl2FN3O4. The lowest BCUT2D eigenvalue weighted by atomic mass is 9.79. The molecule has 10 heteroatoms. The van der Waals surface area contributed by atoms with Crippen molar-refractivity contribution in [3.8, 4) is 5.75 Å². The quantitative estimate of drug-likeness (QED) is 0.702. The van der Waals surface area contributed by atoms with Crippen molar-refractivity contribution in [2.45, 2.75) is 11.5 Å². The standard InChI is InChI=1S/C23H24Cl2FN3O4/c1-28(22(31)33-17-5-3-16(26)4-6-17)23(21(30)29-8-10-32-11-9-29)14-27-13-18(23)15-2-7-19(24)20(25)12-15/h2-7,12,18,27H,8-11,13-14H2,1H3/t18-,23+/m1/s1. The first-order valence-electron chi connectivity index (χ1n) is 10.6. The van der Waals surface area contributed by atoms with Crippen LogP contribution in [0, 0.1) is 5.82 Å². The van der Waals surface area contributed by atoms with Crippen molar-refractivity contribution < 1.29 is 23.5 Å². The Labute approximate surface area is 201 Å². The molecule has 2 aromatic carbocycles. The number of likely N-dealkylation sites (N-methyl/N-ethyl adjacent to an activating group) is 1. The number of rotatable bonds is 4. The van der Waals surface area contributed by atoms with Crippen LogP contribution < -0.4 is 10.1 Å². The average Bonchev–Trinajstić information content (AvgIpc) is 3.28. The largest absolute Gasteiger partial charge is 0.415 e. The van der Waals surface area contributed by atoms with Crippen LogP contribution in [0.5, 0.6) is 5.75 Å². The number of hydrogen-bond donors (Lipinski definition) is 1. The van der Waals surface area contributed by atoms with Gasteiger partial charge in [-0.15, -0.1) is 0 Å². The molecular weight excluding hydrogens is 472 g/mol. The van der Waals surface area contributed by atoms with Crippen LogP contribution in [0.25, 0.3) is 0 Å². The summed E-state index contributed by atoms with van der Waals surface area (Å²) < 4.78 is 24.1. The van der Waals surface area contributed by atoms with Crippen molar-refractivity contribution in [3.63, 3.8) is 0 Å². The van der Waals surface area contributed by atoms with Gasteiger partial charge < -0.3 is 19.7 Å². The summed E-state index contributed by atoms with van der Waals surface area (Å²) in [5, 5.41) is 4.04. The van der Waals surface area contributed by atoms with Crippen LogP contribution in [0.1, 0.15) is 11.5 Å². The molecule has 1 N–H and O–H groups in total. The van der Waals surface area contributed by atoms with Gasteiger partial charge in [0, 0.05) is 39.1 Å². The van der Waals surface area contributed by atoms with E-state index < -0.39 is 23.4 Å². The second-order valence-electron chi connectivity index (χ2n) is 8.07. The Kier molecular flexibility index (Phi) is 7.09. The first-order chi connectivity index (χ1) is 15.8. The molecule has 2 aromatic rings. The number of carbonyl (C=O) groups excluding carboxylic acids is 2. The molecule has 0 spiro atoms. The molecule has 0 radical (unpaired) electrons. The number of ether oxygens (including phenoxy) is 2. The van der Waals surface area contributed by atoms with Crippen LogP contribution >= 0.6 is 23.2 Å². The molecule has 0 saturated carbocycles. The monoisotopic (exact) mass is 495 g/mol. The number of nitrogens with one attached hydrogen (secondary N) is 1. The van der Waals surface area contributed by atoms with Crippen LogP contribution in [0.15, 0.2) is 42.5 Å². The smallest absolute Gasteiger partial charge is 0.410 e. The summed E-state index contributed by atoms with van der Waals surface area (Å²) in [4.78, 5) is 30.2. The average molecular weight is 496 g/mol. The maximum Gasteiger partial charge on any atom is 0.415 e. The molecule has 2 aliphatic rings. The van der Waals surface area contributed by atoms with Crippen LogP contribution in [0.4, 0.5) is 9.18 Å². The molecule has 0 bridgehead atoms. The van der Waals surface area contributed by atoms with Crippen LogP contribution in [0.2, 0.25) is 10.0 Å². The van der Waals surface area contributed by atoms with Crippen molar-refractivity contribution in [1.29, 1.82) is 0 Å². The van der Waals surface area contributed by atoms with Gasteiger partial charge in [-0.3, -0.25) is 9.69 Å². The fourth-order valence-electron chi connectivity index (χ4n) is 4.42. The molecule has 2 heterocycles. The first-order valence-corrected chi connectivity index (χ1v) is 11.3. The van der Waals surface area contributed by atoms with Crippen LogP contribution in [0.3, 0.4) is 0 Å². The van der Waals surface area contributed by atoms with Gasteiger partial charge in [0.25, 0.3) is 5.91 Å². The molecule has 4 rings (SSSR count). The van der Waals surface area contributed by atoms with Gasteiger partial charge in [0.15, 0.2) is 0 Å². The molecule has 7 nitrogen and oxygen atoms in total. The van der Waals surface area contributed by atoms with Gasteiger partial charge in [-0.05, 0) is 42.0 Å². The SMILES string of the molecule is CN(C(=O)Oc1ccc(F)cc1)[C@@]1(C(=O)N2CCOCC2)CNC[C@@H]1c1ccc(Cl)c(Cl)c1. The lowest BCUT2D eigenvalue weighted by molar-refractivity contribution is -0.146. The second-order valence-corrected chi connectivity index (χ2v) is 8.88. The summed E-state index contributed by atoms with van der Waals surface area (Å²) >= 11 is 12.4. The molecule has 2 fully saturated rings. The van der Waals surface area contributed by atoms with E-state index in [1.807, 2.05) is 6.07 Å². The van der Waals surface area contributed by atoms with Crippen LogP contribution in [-0.2, 0) is 9.53 Å². The Morgan fingerprint density at radius 2 is 1.85 bits per heavy atom. The molecule has 0 aromatic heterocycles. The van der Waals surface area contributed by atoms with E-state index in [4.69, 9.17) is 32.7 Å². The Balaban J connectivity index is 1.71. The Morgan fingerprint density at radius 3 is 2.52 bits per heavy atom. The molecule has 2 aliphatic heterocycles. The van der Waals surface area contributed by atoms with E-state index in [1.54, 1.807) is 24.1 Å². The third-order valence-corrected chi connectivity index (χ3v) is 6.96. The number of halogens is 3. The van der Waals surface area contributed by atoms with E-state index in [9.17, 15) is 14.0 Å². The van der Waals surface area contributed by atoms with Gasteiger partial charge in [0.05, 0.1) is 23.3 Å². The fraction of sp³-hybridized carbons (Fsp3) is 0.391. The van der Waals surface area contributed by atoms with Gasteiger partial charge in [-0.2, -0.15) is 0 Å². The minimum Gasteiger partial charge on any atom is -0.410 e. The third kappa shape index (κ3) is 4.66. The van der Waals surface area contributed by atoms with Gasteiger partial charge in [0.2, 0.25) is 0 Å².